The minimum Gasteiger partial charge on any atom is -0.397 e. The average molecular weight is 209 g/mol. The van der Waals surface area contributed by atoms with Crippen LogP contribution >= 0.6 is 0 Å². The number of pyridine rings is 1. The van der Waals surface area contributed by atoms with Crippen molar-refractivity contribution in [3.05, 3.63) is 28.2 Å². The zero-order chi connectivity index (χ0) is 11.6. The van der Waals surface area contributed by atoms with Crippen LogP contribution in [0.4, 0.5) is 5.69 Å². The number of nitrogen functional groups attached to an aromatic ring is 1. The molecule has 4 heteroatoms. The molecule has 0 bridgehead atoms. The van der Waals surface area contributed by atoms with Gasteiger partial charge in [0.05, 0.1) is 5.69 Å². The van der Waals surface area contributed by atoms with Gasteiger partial charge in [-0.15, -0.1) is 0 Å². The maximum Gasteiger partial charge on any atom is 0.251 e. The van der Waals surface area contributed by atoms with Crippen molar-refractivity contribution in [2.24, 2.45) is 0 Å². The van der Waals surface area contributed by atoms with Crippen LogP contribution in [0.3, 0.4) is 0 Å². The van der Waals surface area contributed by atoms with E-state index in [0.717, 1.165) is 12.2 Å². The average Bonchev–Trinajstić information content (AvgIpc) is 2.11. The normalized spacial score (nSPS) is 13.1. The molecule has 1 unspecified atom stereocenters. The summed E-state index contributed by atoms with van der Waals surface area (Å²) in [5.41, 5.74) is 7.31. The molecule has 0 spiro atoms. The molecule has 1 heterocycles. The summed E-state index contributed by atoms with van der Waals surface area (Å²) < 4.78 is 1.75. The first-order valence-electron chi connectivity index (χ1n) is 5.06. The van der Waals surface area contributed by atoms with Crippen molar-refractivity contribution in [2.75, 3.05) is 26.4 Å². The van der Waals surface area contributed by atoms with Gasteiger partial charge in [0.2, 0.25) is 0 Å². The van der Waals surface area contributed by atoms with Gasteiger partial charge in [0, 0.05) is 24.3 Å². The Morgan fingerprint density at radius 1 is 1.47 bits per heavy atom. The van der Waals surface area contributed by atoms with Gasteiger partial charge in [-0.25, -0.2) is 0 Å². The third-order valence-electron chi connectivity index (χ3n) is 2.49. The SMILES string of the molecule is Cc1c(N)ccc(=O)n1C(C)CN(C)C. The molecule has 0 radical (unpaired) electrons. The van der Waals surface area contributed by atoms with Crippen LogP contribution in [-0.2, 0) is 0 Å². The fourth-order valence-electron chi connectivity index (χ4n) is 1.82. The molecule has 0 aliphatic carbocycles. The van der Waals surface area contributed by atoms with E-state index in [0.29, 0.717) is 5.69 Å². The second kappa shape index (κ2) is 4.49. The van der Waals surface area contributed by atoms with E-state index in [1.165, 1.54) is 6.07 Å². The highest BCUT2D eigenvalue weighted by atomic mass is 16.1. The highest BCUT2D eigenvalue weighted by Gasteiger charge is 2.11. The van der Waals surface area contributed by atoms with Crippen molar-refractivity contribution in [2.45, 2.75) is 19.9 Å². The molecule has 1 rings (SSSR count). The summed E-state index contributed by atoms with van der Waals surface area (Å²) in [6.07, 6.45) is 0. The Labute approximate surface area is 90.3 Å². The molecule has 0 amide bonds. The fourth-order valence-corrected chi connectivity index (χ4v) is 1.82. The molecule has 0 aliphatic heterocycles. The second-order valence-corrected chi connectivity index (χ2v) is 4.19. The molecule has 0 saturated heterocycles. The monoisotopic (exact) mass is 209 g/mol. The third kappa shape index (κ3) is 2.59. The van der Waals surface area contributed by atoms with Gasteiger partial charge >= 0.3 is 0 Å². The van der Waals surface area contributed by atoms with Crippen LogP contribution < -0.4 is 11.3 Å². The first kappa shape index (κ1) is 11.8. The lowest BCUT2D eigenvalue weighted by atomic mass is 10.2. The zero-order valence-corrected chi connectivity index (χ0v) is 9.82. The van der Waals surface area contributed by atoms with Crippen molar-refractivity contribution in [3.8, 4) is 0 Å². The quantitative estimate of drug-likeness (QED) is 0.803. The van der Waals surface area contributed by atoms with E-state index in [1.807, 2.05) is 27.9 Å². The van der Waals surface area contributed by atoms with Crippen LogP contribution in [0.5, 0.6) is 0 Å². The van der Waals surface area contributed by atoms with E-state index in [9.17, 15) is 4.79 Å². The number of hydrogen-bond donors (Lipinski definition) is 1. The summed E-state index contributed by atoms with van der Waals surface area (Å²) in [6, 6.07) is 3.32. The van der Waals surface area contributed by atoms with Crippen molar-refractivity contribution in [3.63, 3.8) is 0 Å². The summed E-state index contributed by atoms with van der Waals surface area (Å²) in [6.45, 7) is 4.72. The molecular formula is C11H19N3O. The standard InChI is InChI=1S/C11H19N3O/c1-8(7-13(3)4)14-9(2)10(12)5-6-11(14)15/h5-6,8H,7,12H2,1-4H3. The molecule has 15 heavy (non-hydrogen) atoms. The Morgan fingerprint density at radius 2 is 2.07 bits per heavy atom. The lowest BCUT2D eigenvalue weighted by molar-refractivity contribution is 0.330. The number of nitrogens with two attached hydrogens (primary N) is 1. The molecule has 1 atom stereocenters. The minimum absolute atomic E-state index is 0.0102. The van der Waals surface area contributed by atoms with E-state index in [2.05, 4.69) is 4.90 Å². The van der Waals surface area contributed by atoms with E-state index < -0.39 is 0 Å². The molecule has 84 valence electrons. The topological polar surface area (TPSA) is 51.3 Å². The summed E-state index contributed by atoms with van der Waals surface area (Å²) in [4.78, 5) is 13.8. The predicted molar refractivity (Wildman–Crippen MR) is 63.1 cm³/mol. The smallest absolute Gasteiger partial charge is 0.251 e. The highest BCUT2D eigenvalue weighted by molar-refractivity contribution is 5.41. The second-order valence-electron chi connectivity index (χ2n) is 4.19. The number of nitrogens with zero attached hydrogens (tertiary/aromatic N) is 2. The molecule has 0 fully saturated rings. The number of aromatic nitrogens is 1. The van der Waals surface area contributed by atoms with Gasteiger partial charge in [-0.2, -0.15) is 0 Å². The van der Waals surface area contributed by atoms with E-state index in [4.69, 9.17) is 5.73 Å². The largest absolute Gasteiger partial charge is 0.397 e. The van der Waals surface area contributed by atoms with Crippen molar-refractivity contribution < 1.29 is 0 Å². The number of anilines is 1. The van der Waals surface area contributed by atoms with Gasteiger partial charge in [-0.05, 0) is 34.0 Å². The van der Waals surface area contributed by atoms with Crippen LogP contribution in [0.25, 0.3) is 0 Å². The number of rotatable bonds is 3. The van der Waals surface area contributed by atoms with E-state index >= 15 is 0 Å². The third-order valence-corrected chi connectivity index (χ3v) is 2.49. The molecular weight excluding hydrogens is 190 g/mol. The summed E-state index contributed by atoms with van der Waals surface area (Å²) >= 11 is 0. The Kier molecular flexibility index (Phi) is 3.52. The first-order valence-corrected chi connectivity index (χ1v) is 5.06. The molecule has 2 N–H and O–H groups in total. The molecule has 1 aromatic rings. The van der Waals surface area contributed by atoms with Crippen LogP contribution in [0.2, 0.25) is 0 Å². The maximum absolute atomic E-state index is 11.7. The Balaban J connectivity index is 3.13. The van der Waals surface area contributed by atoms with Gasteiger partial charge in [0.25, 0.3) is 5.56 Å². The lowest BCUT2D eigenvalue weighted by Gasteiger charge is -2.22. The van der Waals surface area contributed by atoms with Crippen LogP contribution in [0.15, 0.2) is 16.9 Å². The minimum atomic E-state index is 0.0102. The zero-order valence-electron chi connectivity index (χ0n) is 9.82. The van der Waals surface area contributed by atoms with Gasteiger partial charge in [0.1, 0.15) is 0 Å². The Bertz CT molecular complexity index is 395. The van der Waals surface area contributed by atoms with Crippen LogP contribution in [-0.4, -0.2) is 30.1 Å². The Morgan fingerprint density at radius 3 is 2.60 bits per heavy atom. The van der Waals surface area contributed by atoms with Crippen molar-refractivity contribution in [1.82, 2.24) is 9.47 Å². The van der Waals surface area contributed by atoms with E-state index in [1.54, 1.807) is 10.6 Å². The van der Waals surface area contributed by atoms with Gasteiger partial charge in [0.15, 0.2) is 0 Å². The van der Waals surface area contributed by atoms with Crippen LogP contribution in [0, 0.1) is 6.92 Å². The Hall–Kier alpha value is -1.29. The summed E-state index contributed by atoms with van der Waals surface area (Å²) in [5.74, 6) is 0. The predicted octanol–water partition coefficient (Wildman–Crippen LogP) is 0.862. The lowest BCUT2D eigenvalue weighted by Crippen LogP contribution is -2.31. The van der Waals surface area contributed by atoms with Gasteiger partial charge in [-0.3, -0.25) is 4.79 Å². The molecule has 0 aromatic carbocycles. The summed E-state index contributed by atoms with van der Waals surface area (Å²) in [7, 11) is 3.98. The first-order chi connectivity index (χ1) is 6.93. The molecule has 0 saturated carbocycles. The highest BCUT2D eigenvalue weighted by Crippen LogP contribution is 2.12. The summed E-state index contributed by atoms with van der Waals surface area (Å²) in [5, 5.41) is 0. The van der Waals surface area contributed by atoms with Crippen LogP contribution in [0.1, 0.15) is 18.7 Å². The van der Waals surface area contributed by atoms with Crippen molar-refractivity contribution in [1.29, 1.82) is 0 Å². The van der Waals surface area contributed by atoms with Gasteiger partial charge in [-0.1, -0.05) is 0 Å². The number of likely N-dealkylation sites (N-methyl/N-ethyl adjacent to an activating group) is 1. The fraction of sp³-hybridized carbons (Fsp3) is 0.545. The maximum atomic E-state index is 11.7. The number of hydrogen-bond acceptors (Lipinski definition) is 3. The molecule has 4 nitrogen and oxygen atoms in total. The van der Waals surface area contributed by atoms with Gasteiger partial charge < -0.3 is 15.2 Å². The van der Waals surface area contributed by atoms with Crippen molar-refractivity contribution >= 4 is 5.69 Å². The van der Waals surface area contributed by atoms with E-state index in [-0.39, 0.29) is 11.6 Å². The molecule has 1 aromatic heterocycles. The molecule has 0 aliphatic rings.